The molecule has 84 valence electrons. The molecule has 0 radical (unpaired) electrons. The molecule has 1 aromatic carbocycles. The molecule has 0 bridgehead atoms. The summed E-state index contributed by atoms with van der Waals surface area (Å²) in [7, 11) is 0. The van der Waals surface area contributed by atoms with E-state index >= 15 is 0 Å². The lowest BCUT2D eigenvalue weighted by atomic mass is 10.2. The van der Waals surface area contributed by atoms with Crippen molar-refractivity contribution < 1.29 is 9.90 Å². The van der Waals surface area contributed by atoms with E-state index in [0.29, 0.717) is 6.42 Å². The molecule has 2 aromatic rings. The van der Waals surface area contributed by atoms with Crippen LogP contribution in [0.4, 0.5) is 0 Å². The summed E-state index contributed by atoms with van der Waals surface area (Å²) >= 11 is 0. The quantitative estimate of drug-likeness (QED) is 0.783. The first-order chi connectivity index (χ1) is 7.77. The number of unbranched alkanes of at least 4 members (excludes halogenated alkanes) is 1. The van der Waals surface area contributed by atoms with Gasteiger partial charge in [0, 0.05) is 13.0 Å². The molecule has 0 aliphatic heterocycles. The van der Waals surface area contributed by atoms with Crippen molar-refractivity contribution in [2.75, 3.05) is 0 Å². The maximum Gasteiger partial charge on any atom is 0.303 e. The molecule has 0 saturated heterocycles. The number of carbonyl (C=O) groups is 1. The van der Waals surface area contributed by atoms with Gasteiger partial charge in [0.2, 0.25) is 0 Å². The number of hydrogen-bond donors (Lipinski definition) is 1. The molecule has 0 aliphatic carbocycles. The van der Waals surface area contributed by atoms with Crippen LogP contribution in [-0.2, 0) is 11.3 Å². The molecule has 1 aromatic heterocycles. The maximum absolute atomic E-state index is 10.4. The van der Waals surface area contributed by atoms with E-state index in [-0.39, 0.29) is 6.42 Å². The third kappa shape index (κ3) is 2.39. The van der Waals surface area contributed by atoms with E-state index in [4.69, 9.17) is 5.11 Å². The first-order valence-corrected chi connectivity index (χ1v) is 5.39. The topological polar surface area (TPSA) is 55.1 Å². The van der Waals surface area contributed by atoms with E-state index in [2.05, 4.69) is 9.55 Å². The van der Waals surface area contributed by atoms with Crippen LogP contribution in [0.15, 0.2) is 30.6 Å². The number of imidazole rings is 1. The number of aryl methyl sites for hydroxylation is 1. The van der Waals surface area contributed by atoms with Crippen LogP contribution in [0.1, 0.15) is 19.3 Å². The van der Waals surface area contributed by atoms with E-state index in [0.717, 1.165) is 24.0 Å². The number of fused-ring (bicyclic) bond motifs is 1. The third-order valence-corrected chi connectivity index (χ3v) is 2.57. The standard InChI is InChI=1S/C12H14N2O2/c15-12(16)7-3-4-8-14-9-13-10-5-1-2-6-11(10)14/h1-2,5-6,9H,3-4,7-8H2,(H,15,16). The Kier molecular flexibility index (Phi) is 3.19. The fourth-order valence-corrected chi connectivity index (χ4v) is 1.75. The summed E-state index contributed by atoms with van der Waals surface area (Å²) in [5.41, 5.74) is 2.10. The number of rotatable bonds is 5. The average Bonchev–Trinajstić information content (AvgIpc) is 2.68. The summed E-state index contributed by atoms with van der Waals surface area (Å²) in [5.74, 6) is -0.726. The molecule has 1 N–H and O–H groups in total. The number of hydrogen-bond acceptors (Lipinski definition) is 2. The number of carboxylic acid groups (broad SMARTS) is 1. The van der Waals surface area contributed by atoms with E-state index in [1.54, 1.807) is 0 Å². The van der Waals surface area contributed by atoms with Gasteiger partial charge in [0.15, 0.2) is 0 Å². The number of aromatic nitrogens is 2. The van der Waals surface area contributed by atoms with Crippen LogP contribution in [0.3, 0.4) is 0 Å². The molecule has 0 fully saturated rings. The van der Waals surface area contributed by atoms with E-state index < -0.39 is 5.97 Å². The summed E-state index contributed by atoms with van der Waals surface area (Å²) in [6.07, 6.45) is 3.63. The van der Waals surface area contributed by atoms with Crippen molar-refractivity contribution in [2.45, 2.75) is 25.8 Å². The highest BCUT2D eigenvalue weighted by Crippen LogP contribution is 2.12. The second-order valence-electron chi connectivity index (χ2n) is 3.78. The first-order valence-electron chi connectivity index (χ1n) is 5.39. The van der Waals surface area contributed by atoms with Crippen molar-refractivity contribution in [1.82, 2.24) is 9.55 Å². The number of aliphatic carboxylic acids is 1. The van der Waals surface area contributed by atoms with Crippen LogP contribution < -0.4 is 0 Å². The zero-order valence-electron chi connectivity index (χ0n) is 8.97. The molecule has 0 aliphatic rings. The van der Waals surface area contributed by atoms with Gasteiger partial charge in [-0.2, -0.15) is 0 Å². The Balaban J connectivity index is 1.97. The number of carboxylic acids is 1. The highest BCUT2D eigenvalue weighted by molar-refractivity contribution is 5.74. The molecule has 4 heteroatoms. The number of para-hydroxylation sites is 2. The van der Waals surface area contributed by atoms with E-state index in [9.17, 15) is 4.79 Å². The van der Waals surface area contributed by atoms with Gasteiger partial charge < -0.3 is 9.67 Å². The molecule has 4 nitrogen and oxygen atoms in total. The summed E-state index contributed by atoms with van der Waals surface area (Å²) in [6.45, 7) is 0.827. The van der Waals surface area contributed by atoms with Crippen molar-refractivity contribution in [1.29, 1.82) is 0 Å². The van der Waals surface area contributed by atoms with E-state index in [1.165, 1.54) is 0 Å². The monoisotopic (exact) mass is 218 g/mol. The minimum atomic E-state index is -0.726. The van der Waals surface area contributed by atoms with Gasteiger partial charge >= 0.3 is 5.97 Å². The third-order valence-electron chi connectivity index (χ3n) is 2.57. The van der Waals surface area contributed by atoms with Crippen molar-refractivity contribution in [2.24, 2.45) is 0 Å². The van der Waals surface area contributed by atoms with Crippen LogP contribution >= 0.6 is 0 Å². The SMILES string of the molecule is O=C(O)CCCCn1cnc2ccccc21. The molecule has 0 spiro atoms. The molecular weight excluding hydrogens is 204 g/mol. The van der Waals surface area contributed by atoms with Gasteiger partial charge in [-0.25, -0.2) is 4.98 Å². The summed E-state index contributed by atoms with van der Waals surface area (Å²) in [5, 5.41) is 8.52. The summed E-state index contributed by atoms with van der Waals surface area (Å²) in [4.78, 5) is 14.6. The Bertz CT molecular complexity index is 490. The van der Waals surface area contributed by atoms with Crippen LogP contribution in [0.25, 0.3) is 11.0 Å². The molecule has 2 rings (SSSR count). The Hall–Kier alpha value is -1.84. The van der Waals surface area contributed by atoms with Crippen LogP contribution in [0.2, 0.25) is 0 Å². The molecule has 0 amide bonds. The van der Waals surface area contributed by atoms with E-state index in [1.807, 2.05) is 30.6 Å². The number of nitrogens with zero attached hydrogens (tertiary/aromatic N) is 2. The molecule has 0 unspecified atom stereocenters. The molecule has 0 atom stereocenters. The van der Waals surface area contributed by atoms with Crippen molar-refractivity contribution >= 4 is 17.0 Å². The minimum Gasteiger partial charge on any atom is -0.481 e. The van der Waals surface area contributed by atoms with Gasteiger partial charge in [-0.15, -0.1) is 0 Å². The van der Waals surface area contributed by atoms with Crippen LogP contribution in [-0.4, -0.2) is 20.6 Å². The maximum atomic E-state index is 10.4. The Morgan fingerprint density at radius 2 is 2.12 bits per heavy atom. The highest BCUT2D eigenvalue weighted by Gasteiger charge is 2.01. The smallest absolute Gasteiger partial charge is 0.303 e. The van der Waals surface area contributed by atoms with Crippen LogP contribution in [0.5, 0.6) is 0 Å². The lowest BCUT2D eigenvalue weighted by Crippen LogP contribution is -1.99. The fourth-order valence-electron chi connectivity index (χ4n) is 1.75. The van der Waals surface area contributed by atoms with Gasteiger partial charge in [-0.1, -0.05) is 12.1 Å². The van der Waals surface area contributed by atoms with Gasteiger partial charge in [0.25, 0.3) is 0 Å². The van der Waals surface area contributed by atoms with Crippen molar-refractivity contribution in [3.8, 4) is 0 Å². The lowest BCUT2D eigenvalue weighted by molar-refractivity contribution is -0.137. The molecule has 16 heavy (non-hydrogen) atoms. The second kappa shape index (κ2) is 4.79. The van der Waals surface area contributed by atoms with Gasteiger partial charge in [0.1, 0.15) is 0 Å². The predicted octanol–water partition coefficient (Wildman–Crippen LogP) is 2.29. The fraction of sp³-hybridized carbons (Fsp3) is 0.333. The summed E-state index contributed by atoms with van der Waals surface area (Å²) < 4.78 is 2.07. The van der Waals surface area contributed by atoms with Gasteiger partial charge in [-0.3, -0.25) is 4.79 Å². The lowest BCUT2D eigenvalue weighted by Gasteiger charge is -2.02. The van der Waals surface area contributed by atoms with Crippen molar-refractivity contribution in [3.05, 3.63) is 30.6 Å². The zero-order valence-corrected chi connectivity index (χ0v) is 8.97. The molecule has 1 heterocycles. The molecular formula is C12H14N2O2. The average molecular weight is 218 g/mol. The van der Waals surface area contributed by atoms with Crippen molar-refractivity contribution in [3.63, 3.8) is 0 Å². The Morgan fingerprint density at radius 1 is 1.31 bits per heavy atom. The normalized spacial score (nSPS) is 10.8. The second-order valence-corrected chi connectivity index (χ2v) is 3.78. The summed E-state index contributed by atoms with van der Waals surface area (Å²) in [6, 6.07) is 7.95. The molecule has 0 saturated carbocycles. The van der Waals surface area contributed by atoms with Crippen LogP contribution in [0, 0.1) is 0 Å². The van der Waals surface area contributed by atoms with Gasteiger partial charge in [0.05, 0.1) is 17.4 Å². The Labute approximate surface area is 93.5 Å². The zero-order chi connectivity index (χ0) is 11.4. The highest BCUT2D eigenvalue weighted by atomic mass is 16.4. The predicted molar refractivity (Wildman–Crippen MR) is 61.2 cm³/mol. The minimum absolute atomic E-state index is 0.243. The number of benzene rings is 1. The first kappa shape index (κ1) is 10.7. The van der Waals surface area contributed by atoms with Gasteiger partial charge in [-0.05, 0) is 25.0 Å². The largest absolute Gasteiger partial charge is 0.481 e. The Morgan fingerprint density at radius 3 is 2.94 bits per heavy atom.